The van der Waals surface area contributed by atoms with Gasteiger partial charge in [0.1, 0.15) is 12.4 Å². The van der Waals surface area contributed by atoms with E-state index in [4.69, 9.17) is 4.74 Å². The van der Waals surface area contributed by atoms with E-state index in [1.54, 1.807) is 18.5 Å². The summed E-state index contributed by atoms with van der Waals surface area (Å²) in [5.41, 5.74) is 3.34. The molecule has 0 unspecified atom stereocenters. The van der Waals surface area contributed by atoms with Crippen LogP contribution in [0.3, 0.4) is 0 Å². The lowest BCUT2D eigenvalue weighted by atomic mass is 10.1. The molecule has 2 rings (SSSR count). The maximum atomic E-state index is 5.42. The molecule has 0 saturated heterocycles. The third kappa shape index (κ3) is 5.02. The van der Waals surface area contributed by atoms with Crippen LogP contribution in [0.1, 0.15) is 23.6 Å². The predicted octanol–water partition coefficient (Wildman–Crippen LogP) is 4.27. The minimum absolute atomic E-state index is 0.508. The Balaban J connectivity index is 1.90. The van der Waals surface area contributed by atoms with Crippen LogP contribution in [-0.4, -0.2) is 19.0 Å². The highest BCUT2D eigenvalue weighted by Gasteiger charge is 1.92. The van der Waals surface area contributed by atoms with Crippen LogP contribution in [0.5, 0.6) is 5.75 Å². The highest BCUT2D eigenvalue weighted by molar-refractivity contribution is 5.82. The first-order valence-electron chi connectivity index (χ1n) is 7.31. The molecule has 0 atom stereocenters. The highest BCUT2D eigenvalue weighted by atomic mass is 16.5. The van der Waals surface area contributed by atoms with Crippen molar-refractivity contribution in [3.63, 3.8) is 0 Å². The number of benzene rings is 2. The monoisotopic (exact) mass is 292 g/mol. The van der Waals surface area contributed by atoms with Gasteiger partial charge in [0.05, 0.1) is 12.4 Å². The van der Waals surface area contributed by atoms with E-state index in [0.717, 1.165) is 23.3 Å². The summed E-state index contributed by atoms with van der Waals surface area (Å²) in [7, 11) is 0. The lowest BCUT2D eigenvalue weighted by Crippen LogP contribution is -1.92. The third-order valence-corrected chi connectivity index (χ3v) is 3.12. The molecule has 0 aliphatic carbocycles. The molecule has 2 aromatic carbocycles. The zero-order valence-electron chi connectivity index (χ0n) is 12.8. The molecule has 0 aliphatic heterocycles. The van der Waals surface area contributed by atoms with Gasteiger partial charge in [0.15, 0.2) is 0 Å². The molecule has 0 N–H and O–H groups in total. The number of hydrogen-bond acceptors (Lipinski definition) is 3. The molecular formula is C19H20N2O. The van der Waals surface area contributed by atoms with Crippen LogP contribution in [0.25, 0.3) is 0 Å². The van der Waals surface area contributed by atoms with Crippen molar-refractivity contribution >= 4 is 12.4 Å². The van der Waals surface area contributed by atoms with Gasteiger partial charge in [-0.1, -0.05) is 43.8 Å². The smallest absolute Gasteiger partial charge is 0.119 e. The van der Waals surface area contributed by atoms with Gasteiger partial charge >= 0.3 is 0 Å². The van der Waals surface area contributed by atoms with Crippen LogP contribution in [0, 0.1) is 0 Å². The fourth-order valence-corrected chi connectivity index (χ4v) is 1.84. The van der Waals surface area contributed by atoms with Gasteiger partial charge in [0, 0.05) is 0 Å². The lowest BCUT2D eigenvalue weighted by Gasteiger charge is -2.02. The molecule has 0 spiro atoms. The second-order valence-corrected chi connectivity index (χ2v) is 4.75. The summed E-state index contributed by atoms with van der Waals surface area (Å²) in [6, 6.07) is 16.0. The molecular weight excluding hydrogens is 272 g/mol. The number of aryl methyl sites for hydroxylation is 1. The van der Waals surface area contributed by atoms with Crippen LogP contribution in [0.15, 0.2) is 71.4 Å². The third-order valence-electron chi connectivity index (χ3n) is 3.12. The van der Waals surface area contributed by atoms with Crippen LogP contribution >= 0.6 is 0 Å². The minimum Gasteiger partial charge on any atom is -0.490 e. The fraction of sp³-hybridized carbons (Fsp3) is 0.158. The number of ether oxygens (including phenoxy) is 1. The normalized spacial score (nSPS) is 11.1. The van der Waals surface area contributed by atoms with E-state index in [2.05, 4.69) is 35.8 Å². The minimum atomic E-state index is 0.508. The van der Waals surface area contributed by atoms with Crippen molar-refractivity contribution in [2.24, 2.45) is 10.2 Å². The van der Waals surface area contributed by atoms with Gasteiger partial charge in [0.2, 0.25) is 0 Å². The molecule has 0 fully saturated rings. The molecule has 0 amide bonds. The van der Waals surface area contributed by atoms with E-state index in [0.29, 0.717) is 6.61 Å². The van der Waals surface area contributed by atoms with Crippen molar-refractivity contribution in [1.82, 2.24) is 0 Å². The number of rotatable bonds is 7. The maximum Gasteiger partial charge on any atom is 0.119 e. The number of hydrogen-bond donors (Lipinski definition) is 0. The summed E-state index contributed by atoms with van der Waals surface area (Å²) < 4.78 is 5.42. The van der Waals surface area contributed by atoms with Crippen molar-refractivity contribution in [2.75, 3.05) is 6.61 Å². The van der Waals surface area contributed by atoms with E-state index in [1.807, 2.05) is 36.4 Å². The molecule has 3 nitrogen and oxygen atoms in total. The first-order chi connectivity index (χ1) is 10.8. The van der Waals surface area contributed by atoms with Gasteiger partial charge in [-0.25, -0.2) is 0 Å². The van der Waals surface area contributed by atoms with E-state index in [-0.39, 0.29) is 0 Å². The second-order valence-electron chi connectivity index (χ2n) is 4.75. The Kier molecular flexibility index (Phi) is 6.12. The average Bonchev–Trinajstić information content (AvgIpc) is 2.58. The predicted molar refractivity (Wildman–Crippen MR) is 93.1 cm³/mol. The summed E-state index contributed by atoms with van der Waals surface area (Å²) in [5.74, 6) is 0.816. The topological polar surface area (TPSA) is 34.0 Å². The maximum absolute atomic E-state index is 5.42. The van der Waals surface area contributed by atoms with Gasteiger partial charge < -0.3 is 4.74 Å². The second kappa shape index (κ2) is 8.57. The molecule has 22 heavy (non-hydrogen) atoms. The first-order valence-corrected chi connectivity index (χ1v) is 7.31. The van der Waals surface area contributed by atoms with E-state index >= 15 is 0 Å². The van der Waals surface area contributed by atoms with Crippen LogP contribution in [0.2, 0.25) is 0 Å². The molecule has 3 heteroatoms. The molecule has 0 bridgehead atoms. The van der Waals surface area contributed by atoms with Gasteiger partial charge in [-0.15, -0.1) is 0 Å². The zero-order valence-corrected chi connectivity index (χ0v) is 12.8. The summed E-state index contributed by atoms with van der Waals surface area (Å²) in [6.45, 7) is 6.26. The SMILES string of the molecule is C=CCOc1ccc(/C=N/N=C/c2ccc(CC)cc2)cc1. The number of nitrogens with zero attached hydrogens (tertiary/aromatic N) is 2. The molecule has 0 saturated carbocycles. The molecule has 0 heterocycles. The summed E-state index contributed by atoms with van der Waals surface area (Å²) in [6.07, 6.45) is 6.23. The zero-order chi connectivity index (χ0) is 15.6. The Morgan fingerprint density at radius 2 is 1.45 bits per heavy atom. The highest BCUT2D eigenvalue weighted by Crippen LogP contribution is 2.11. The Hall–Kier alpha value is -2.68. The van der Waals surface area contributed by atoms with Crippen LogP contribution in [-0.2, 0) is 6.42 Å². The van der Waals surface area contributed by atoms with Gasteiger partial charge in [0.25, 0.3) is 0 Å². The van der Waals surface area contributed by atoms with Crippen molar-refractivity contribution in [1.29, 1.82) is 0 Å². The van der Waals surface area contributed by atoms with E-state index in [9.17, 15) is 0 Å². The molecule has 112 valence electrons. The van der Waals surface area contributed by atoms with Crippen molar-refractivity contribution in [3.05, 3.63) is 77.9 Å². The van der Waals surface area contributed by atoms with Crippen LogP contribution in [0.4, 0.5) is 0 Å². The Morgan fingerprint density at radius 1 is 0.909 bits per heavy atom. The van der Waals surface area contributed by atoms with Gasteiger partial charge in [-0.05, 0) is 47.4 Å². The molecule has 2 aromatic rings. The van der Waals surface area contributed by atoms with Crippen LogP contribution < -0.4 is 4.74 Å². The fourth-order valence-electron chi connectivity index (χ4n) is 1.84. The summed E-state index contributed by atoms with van der Waals surface area (Å²) >= 11 is 0. The van der Waals surface area contributed by atoms with Crippen molar-refractivity contribution in [2.45, 2.75) is 13.3 Å². The average molecular weight is 292 g/mol. The standard InChI is InChI=1S/C19H20N2O/c1-3-13-22-19-11-9-18(10-12-19)15-21-20-14-17-7-5-16(4-2)6-8-17/h3,5-12,14-15H,1,4,13H2,2H3/b20-14+,21-15+. The molecule has 0 aromatic heterocycles. The van der Waals surface area contributed by atoms with Crippen molar-refractivity contribution in [3.8, 4) is 5.75 Å². The Morgan fingerprint density at radius 3 is 1.95 bits per heavy atom. The summed E-state index contributed by atoms with van der Waals surface area (Å²) in [5, 5.41) is 8.12. The molecule has 0 radical (unpaired) electrons. The largest absolute Gasteiger partial charge is 0.490 e. The first kappa shape index (κ1) is 15.7. The van der Waals surface area contributed by atoms with Gasteiger partial charge in [-0.3, -0.25) is 0 Å². The molecule has 0 aliphatic rings. The quantitative estimate of drug-likeness (QED) is 0.426. The Bertz CT molecular complexity index is 640. The lowest BCUT2D eigenvalue weighted by molar-refractivity contribution is 0.363. The summed E-state index contributed by atoms with van der Waals surface area (Å²) in [4.78, 5) is 0. The van der Waals surface area contributed by atoms with Crippen molar-refractivity contribution < 1.29 is 4.74 Å². The van der Waals surface area contributed by atoms with Gasteiger partial charge in [-0.2, -0.15) is 10.2 Å². The Labute approximate surface area is 131 Å². The van der Waals surface area contributed by atoms with E-state index < -0.39 is 0 Å². The van der Waals surface area contributed by atoms with E-state index in [1.165, 1.54) is 5.56 Å².